The molecule has 5 aromatic heterocycles. The summed E-state index contributed by atoms with van der Waals surface area (Å²) in [7, 11) is 0. The van der Waals surface area contributed by atoms with E-state index < -0.39 is 5.91 Å². The van der Waals surface area contributed by atoms with E-state index in [1.165, 1.54) is 6.21 Å². The van der Waals surface area contributed by atoms with Crippen molar-refractivity contribution in [2.75, 3.05) is 5.73 Å². The Morgan fingerprint density at radius 2 is 2.03 bits per heavy atom. The van der Waals surface area contributed by atoms with Gasteiger partial charge in [-0.2, -0.15) is 10.2 Å². The summed E-state index contributed by atoms with van der Waals surface area (Å²) >= 11 is 1.55. The highest BCUT2D eigenvalue weighted by Crippen LogP contribution is 2.39. The molecule has 0 spiro atoms. The fourth-order valence-corrected chi connectivity index (χ4v) is 4.68. The fraction of sp³-hybridized carbons (Fsp3) is 0.0370. The lowest BCUT2D eigenvalue weighted by molar-refractivity contribution is 0.0930. The Balaban J connectivity index is 1.31. The molecule has 0 fully saturated rings. The molecule has 0 aliphatic heterocycles. The number of hydrazone groups is 1. The number of para-hydroxylation sites is 1. The summed E-state index contributed by atoms with van der Waals surface area (Å²) in [5, 5.41) is 11.1. The summed E-state index contributed by atoms with van der Waals surface area (Å²) < 4.78 is 13.2. The molecule has 5 heterocycles. The molecule has 6 rings (SSSR count). The second-order valence-corrected chi connectivity index (χ2v) is 9.13. The van der Waals surface area contributed by atoms with Gasteiger partial charge in [0.05, 0.1) is 45.5 Å². The average Bonchev–Trinajstić information content (AvgIpc) is 3.72. The van der Waals surface area contributed by atoms with Crippen molar-refractivity contribution >= 4 is 40.2 Å². The predicted molar refractivity (Wildman–Crippen MR) is 143 cm³/mol. The minimum atomic E-state index is -0.595. The van der Waals surface area contributed by atoms with Gasteiger partial charge in [-0.1, -0.05) is 24.3 Å². The van der Waals surface area contributed by atoms with Gasteiger partial charge >= 0.3 is 5.91 Å². The summed E-state index contributed by atoms with van der Waals surface area (Å²) in [6.45, 7) is 1.87. The molecule has 0 atom stereocenters. The molecular formula is C27H20N6O3S. The predicted octanol–water partition coefficient (Wildman–Crippen LogP) is 5.66. The largest absolute Gasteiger partial charge is 0.464 e. The van der Waals surface area contributed by atoms with Crippen LogP contribution in [0.5, 0.6) is 0 Å². The first-order chi connectivity index (χ1) is 18.1. The number of pyridine rings is 1. The number of nitrogens with two attached hydrogens (primary N) is 1. The van der Waals surface area contributed by atoms with E-state index in [0.29, 0.717) is 22.4 Å². The van der Waals surface area contributed by atoms with E-state index in [0.717, 1.165) is 21.8 Å². The van der Waals surface area contributed by atoms with Crippen LogP contribution in [0.4, 0.5) is 5.69 Å². The first-order valence-corrected chi connectivity index (χ1v) is 12.2. The first kappa shape index (κ1) is 22.5. The summed E-state index contributed by atoms with van der Waals surface area (Å²) in [6, 6.07) is 19.1. The number of rotatable bonds is 6. The van der Waals surface area contributed by atoms with Crippen LogP contribution in [0.3, 0.4) is 0 Å². The quantitative estimate of drug-likeness (QED) is 0.221. The number of amides is 1. The molecule has 0 aliphatic carbocycles. The lowest BCUT2D eigenvalue weighted by Crippen LogP contribution is -2.18. The Bertz CT molecular complexity index is 1730. The second-order valence-electron chi connectivity index (χ2n) is 8.18. The van der Waals surface area contributed by atoms with Gasteiger partial charge in [-0.3, -0.25) is 4.79 Å². The second kappa shape index (κ2) is 9.25. The molecule has 9 nitrogen and oxygen atoms in total. The van der Waals surface area contributed by atoms with E-state index in [1.807, 2.05) is 73.1 Å². The van der Waals surface area contributed by atoms with Crippen LogP contribution >= 0.6 is 11.3 Å². The summed E-state index contributed by atoms with van der Waals surface area (Å²) in [4.78, 5) is 18.5. The lowest BCUT2D eigenvalue weighted by atomic mass is 10.1. The molecule has 10 heteroatoms. The molecule has 1 amide bonds. The molecule has 0 bridgehead atoms. The zero-order chi connectivity index (χ0) is 25.4. The molecule has 0 aliphatic rings. The topological polar surface area (TPSA) is 124 Å². The number of thiophene rings is 1. The maximum absolute atomic E-state index is 13.0. The van der Waals surface area contributed by atoms with E-state index in [9.17, 15) is 4.79 Å². The smallest absolute Gasteiger partial charge is 0.309 e. The Hall–Kier alpha value is -4.96. The maximum atomic E-state index is 13.0. The molecule has 0 saturated heterocycles. The number of hydrogen-bond donors (Lipinski definition) is 2. The molecule has 182 valence electrons. The van der Waals surface area contributed by atoms with Crippen molar-refractivity contribution in [3.63, 3.8) is 0 Å². The average molecular weight is 509 g/mol. The molecule has 6 aromatic rings. The van der Waals surface area contributed by atoms with Crippen molar-refractivity contribution in [2.45, 2.75) is 6.92 Å². The van der Waals surface area contributed by atoms with Crippen LogP contribution in [0.15, 0.2) is 92.4 Å². The molecule has 0 saturated carbocycles. The fourth-order valence-electron chi connectivity index (χ4n) is 3.99. The molecule has 0 radical (unpaired) electrons. The molecule has 0 unspecified atom stereocenters. The van der Waals surface area contributed by atoms with E-state index in [2.05, 4.69) is 20.6 Å². The van der Waals surface area contributed by atoms with Gasteiger partial charge in [-0.25, -0.2) is 15.1 Å². The number of anilines is 1. The normalized spacial score (nSPS) is 11.5. The van der Waals surface area contributed by atoms with Crippen LogP contribution < -0.4 is 11.2 Å². The maximum Gasteiger partial charge on any atom is 0.309 e. The number of nitrogens with zero attached hydrogens (tertiary/aromatic N) is 4. The lowest BCUT2D eigenvalue weighted by Gasteiger charge is -2.03. The van der Waals surface area contributed by atoms with Gasteiger partial charge in [0.2, 0.25) is 11.5 Å². The van der Waals surface area contributed by atoms with Gasteiger partial charge in [0.1, 0.15) is 5.76 Å². The van der Waals surface area contributed by atoms with Crippen LogP contribution in [-0.2, 0) is 0 Å². The van der Waals surface area contributed by atoms with E-state index in [4.69, 9.17) is 14.6 Å². The van der Waals surface area contributed by atoms with Crippen molar-refractivity contribution in [3.8, 4) is 27.6 Å². The van der Waals surface area contributed by atoms with Crippen molar-refractivity contribution in [2.24, 2.45) is 5.10 Å². The highest BCUT2D eigenvalue weighted by molar-refractivity contribution is 7.13. The van der Waals surface area contributed by atoms with Gasteiger partial charge in [0, 0.05) is 17.3 Å². The van der Waals surface area contributed by atoms with Crippen molar-refractivity contribution in [1.29, 1.82) is 0 Å². The number of furan rings is 2. The van der Waals surface area contributed by atoms with Crippen LogP contribution in [0.1, 0.15) is 21.8 Å². The number of nitrogen functional groups attached to an aromatic ring is 1. The zero-order valence-electron chi connectivity index (χ0n) is 19.6. The van der Waals surface area contributed by atoms with Crippen molar-refractivity contribution in [1.82, 2.24) is 20.2 Å². The summed E-state index contributed by atoms with van der Waals surface area (Å²) in [6.07, 6.45) is 4.94. The number of nitrogens with one attached hydrogen (secondary N) is 1. The van der Waals surface area contributed by atoms with Crippen LogP contribution in [0.25, 0.3) is 38.7 Å². The Kier molecular flexibility index (Phi) is 5.62. The summed E-state index contributed by atoms with van der Waals surface area (Å²) in [5.41, 5.74) is 13.1. The van der Waals surface area contributed by atoms with Crippen LogP contribution in [-0.4, -0.2) is 26.9 Å². The van der Waals surface area contributed by atoms with Crippen molar-refractivity contribution in [3.05, 3.63) is 95.5 Å². The SMILES string of the molecule is Cc1nn(-c2ccccc2)cc1C=NNC(=O)c1oc2nc(-c3cccs3)cc(-c3ccco3)c2c1N. The van der Waals surface area contributed by atoms with E-state index >= 15 is 0 Å². The number of aromatic nitrogens is 3. The molecule has 3 N–H and O–H groups in total. The third-order valence-electron chi connectivity index (χ3n) is 5.79. The number of carbonyl (C=O) groups is 1. The Labute approximate surface area is 214 Å². The third-order valence-corrected chi connectivity index (χ3v) is 6.69. The minimum Gasteiger partial charge on any atom is -0.464 e. The minimum absolute atomic E-state index is 0.0764. The zero-order valence-corrected chi connectivity index (χ0v) is 20.4. The highest BCUT2D eigenvalue weighted by atomic mass is 32.1. The standard InChI is InChI=1S/C27H20N6O3S/c1-16-17(15-33(32-16)18-7-3-2-4-8-18)14-29-31-26(34)25-24(28)23-19(21-9-5-11-35-21)13-20(30-27(23)36-25)22-10-6-12-37-22/h2-15H,28H2,1H3,(H,31,34). The van der Waals surface area contributed by atoms with Gasteiger partial charge < -0.3 is 14.6 Å². The number of fused-ring (bicyclic) bond motifs is 1. The first-order valence-electron chi connectivity index (χ1n) is 11.3. The number of hydrogen-bond acceptors (Lipinski definition) is 8. The number of aryl methyl sites for hydroxylation is 1. The number of carbonyl (C=O) groups excluding carboxylic acids is 1. The molecule has 37 heavy (non-hydrogen) atoms. The molecular weight excluding hydrogens is 488 g/mol. The third kappa shape index (κ3) is 4.19. The van der Waals surface area contributed by atoms with Crippen molar-refractivity contribution < 1.29 is 13.6 Å². The highest BCUT2D eigenvalue weighted by Gasteiger charge is 2.24. The Morgan fingerprint density at radius 3 is 2.78 bits per heavy atom. The molecule has 1 aromatic carbocycles. The van der Waals surface area contributed by atoms with Gasteiger partial charge in [-0.15, -0.1) is 11.3 Å². The number of benzene rings is 1. The van der Waals surface area contributed by atoms with E-state index in [1.54, 1.807) is 28.3 Å². The monoisotopic (exact) mass is 508 g/mol. The van der Waals surface area contributed by atoms with E-state index in [-0.39, 0.29) is 17.2 Å². The van der Waals surface area contributed by atoms with Crippen LogP contribution in [0.2, 0.25) is 0 Å². The van der Waals surface area contributed by atoms with Gasteiger partial charge in [0.25, 0.3) is 0 Å². The summed E-state index contributed by atoms with van der Waals surface area (Å²) in [5.74, 6) is -0.0796. The van der Waals surface area contributed by atoms with Gasteiger partial charge in [-0.05, 0) is 48.7 Å². The Morgan fingerprint density at radius 1 is 1.16 bits per heavy atom. The van der Waals surface area contributed by atoms with Gasteiger partial charge in [0.15, 0.2) is 0 Å². The van der Waals surface area contributed by atoms with Crippen LogP contribution in [0, 0.1) is 6.92 Å².